The van der Waals surface area contributed by atoms with E-state index in [-0.39, 0.29) is 61.9 Å². The molecule has 4 bridgehead atoms. The highest BCUT2D eigenvalue weighted by Crippen LogP contribution is 2.49. The van der Waals surface area contributed by atoms with Crippen LogP contribution >= 0.6 is 0 Å². The molecule has 4 aliphatic rings. The summed E-state index contributed by atoms with van der Waals surface area (Å²) in [5.41, 5.74) is -0.296. The molecule has 1 amide bonds. The minimum atomic E-state index is -1.96. The molecule has 0 aliphatic carbocycles. The lowest BCUT2D eigenvalue weighted by molar-refractivity contribution is -0.160. The number of rotatable bonds is 4. The first kappa shape index (κ1) is 45.7. The van der Waals surface area contributed by atoms with Crippen LogP contribution < -0.4 is 20.8 Å². The van der Waals surface area contributed by atoms with Gasteiger partial charge in [-0.3, -0.25) is 24.4 Å². The Balaban J connectivity index is 1.56. The SMILES string of the molecule is CO[C@H]1/C=C/O[C@@]2(C)Oc3c(C)c(O)c4c(O)c(c5c(c4c3C2=O)=NC2(CCN(CC(C)C)C2)CN=5)NC(=O)/C(C)=C\C=C\[C@H](C)[C@H](O)[C@@H](C)[C@@H](O)[C@@H](C)[C@H](OC(C)=O)C1C. The van der Waals surface area contributed by atoms with Gasteiger partial charge in [0.25, 0.3) is 11.7 Å². The number of ether oxygens (including phenoxy) is 4. The molecule has 0 aromatic heterocycles. The molecule has 6 rings (SSSR count). The summed E-state index contributed by atoms with van der Waals surface area (Å²) in [6.45, 7) is 19.7. The highest BCUT2D eigenvalue weighted by atomic mass is 16.7. The third-order valence-corrected chi connectivity index (χ3v) is 12.9. The molecule has 1 saturated heterocycles. The number of phenols is 2. The molecule has 15 nitrogen and oxygen atoms in total. The third-order valence-electron chi connectivity index (χ3n) is 12.9. The quantitative estimate of drug-likeness (QED) is 0.214. The lowest BCUT2D eigenvalue weighted by Gasteiger charge is -2.38. The summed E-state index contributed by atoms with van der Waals surface area (Å²) in [4.78, 5) is 53.7. The average molecular weight is 847 g/mol. The number of hydrogen-bond donors (Lipinski definition) is 5. The topological polar surface area (TPSA) is 209 Å². The van der Waals surface area contributed by atoms with Crippen LogP contribution in [0.4, 0.5) is 5.69 Å². The van der Waals surface area contributed by atoms with Gasteiger partial charge < -0.3 is 49.6 Å². The summed E-state index contributed by atoms with van der Waals surface area (Å²) in [5.74, 6) is -6.50. The van der Waals surface area contributed by atoms with Crippen molar-refractivity contribution in [3.05, 3.63) is 58.0 Å². The van der Waals surface area contributed by atoms with Crippen molar-refractivity contribution in [2.24, 2.45) is 39.6 Å². The van der Waals surface area contributed by atoms with E-state index in [4.69, 9.17) is 28.9 Å². The smallest absolute Gasteiger partial charge is 0.312 e. The predicted molar refractivity (Wildman–Crippen MR) is 228 cm³/mol. The fourth-order valence-corrected chi connectivity index (χ4v) is 9.30. The van der Waals surface area contributed by atoms with Gasteiger partial charge in [0.05, 0.1) is 53.0 Å². The maximum absolute atomic E-state index is 14.8. The number of Topliss-reactive ketones (excluding diaryl/α,β-unsaturated/α-hetero) is 1. The van der Waals surface area contributed by atoms with E-state index in [1.165, 1.54) is 27.2 Å². The number of aliphatic hydroxyl groups excluding tert-OH is 2. The van der Waals surface area contributed by atoms with Crippen molar-refractivity contribution in [2.75, 3.05) is 38.6 Å². The number of ketones is 1. The van der Waals surface area contributed by atoms with Crippen molar-refractivity contribution < 1.29 is 53.8 Å². The van der Waals surface area contributed by atoms with Gasteiger partial charge >= 0.3 is 11.8 Å². The first-order chi connectivity index (χ1) is 28.6. The van der Waals surface area contributed by atoms with Gasteiger partial charge in [0.1, 0.15) is 28.6 Å². The first-order valence-corrected chi connectivity index (χ1v) is 21.2. The monoisotopic (exact) mass is 846 g/mol. The summed E-state index contributed by atoms with van der Waals surface area (Å²) in [6.07, 6.45) is 4.63. The number of phenolic OH excluding ortho intramolecular Hbond substituents is 2. The molecule has 1 fully saturated rings. The highest BCUT2D eigenvalue weighted by molar-refractivity contribution is 6.19. The Kier molecular flexibility index (Phi) is 13.1. The Labute approximate surface area is 356 Å². The molecule has 4 aliphatic heterocycles. The molecule has 2 unspecified atom stereocenters. The van der Waals surface area contributed by atoms with Crippen LogP contribution in [-0.4, -0.2) is 112 Å². The number of methoxy groups -OCH3 is 1. The first-order valence-electron chi connectivity index (χ1n) is 21.2. The van der Waals surface area contributed by atoms with Crippen molar-refractivity contribution in [1.29, 1.82) is 0 Å². The Bertz CT molecular complexity index is 2310. The minimum Gasteiger partial charge on any atom is -0.507 e. The lowest BCUT2D eigenvalue weighted by atomic mass is 9.78. The molecule has 0 saturated carbocycles. The number of nitrogens with zero attached hydrogens (tertiary/aromatic N) is 3. The van der Waals surface area contributed by atoms with Crippen LogP contribution in [0.15, 0.2) is 46.1 Å². The molecule has 5 N–H and O–H groups in total. The fourth-order valence-electron chi connectivity index (χ4n) is 9.30. The summed E-state index contributed by atoms with van der Waals surface area (Å²) < 4.78 is 24.0. The number of esters is 1. The zero-order valence-electron chi connectivity index (χ0n) is 37.1. The van der Waals surface area contributed by atoms with E-state index in [0.717, 1.165) is 13.1 Å². The number of amides is 1. The molecule has 10 atom stereocenters. The van der Waals surface area contributed by atoms with Crippen LogP contribution in [0.5, 0.6) is 17.2 Å². The second-order valence-electron chi connectivity index (χ2n) is 18.1. The lowest BCUT2D eigenvalue weighted by Crippen LogP contribution is -2.46. The van der Waals surface area contributed by atoms with Gasteiger partial charge in [-0.05, 0) is 32.3 Å². The molecular weight excluding hydrogens is 785 g/mol. The van der Waals surface area contributed by atoms with Gasteiger partial charge in [-0.25, -0.2) is 0 Å². The van der Waals surface area contributed by atoms with E-state index in [1.807, 2.05) is 0 Å². The average Bonchev–Trinajstić information content (AvgIpc) is 3.71. The zero-order chi connectivity index (χ0) is 44.9. The normalized spacial score (nSPS) is 34.2. The standard InChI is InChI=1S/C46H62N4O11/c1-22(2)19-50-17-16-46(21-50)20-47-35-34(49-46)31-32-39(54)28(8)42-33(31)43(56)45(10,61-42)59-18-15-30(58-11)25(5)41(60-29(9)51)27(7)38(53)26(6)37(52)23(3)13-12-14-24(4)44(57)48-36(35)40(32)55/h12-15,18,22-23,25-27,30,37-38,41,52-55H,16-17,19-21H2,1-11H3,(H,48,57)/b13-12+,18-15+,24-14-/t23-,25?,26+,27+,30-,37-,38+,41+,45-,46?/m0/s1. The number of carbonyl (C=O) groups is 3. The Morgan fingerprint density at radius 1 is 1.02 bits per heavy atom. The number of aliphatic hydroxyl groups is 2. The number of likely N-dealkylation sites (tertiary alicyclic amines) is 1. The van der Waals surface area contributed by atoms with E-state index in [9.17, 15) is 34.8 Å². The van der Waals surface area contributed by atoms with E-state index >= 15 is 0 Å². The van der Waals surface area contributed by atoms with Gasteiger partial charge in [-0.1, -0.05) is 59.8 Å². The second-order valence-corrected chi connectivity index (χ2v) is 18.1. The van der Waals surface area contributed by atoms with Gasteiger partial charge in [-0.2, -0.15) is 0 Å². The number of nitrogens with one attached hydrogen (secondary N) is 1. The molecule has 4 heterocycles. The van der Waals surface area contributed by atoms with E-state index < -0.39 is 82.8 Å². The number of benzene rings is 2. The molecule has 2 aromatic carbocycles. The Morgan fingerprint density at radius 2 is 1.72 bits per heavy atom. The summed E-state index contributed by atoms with van der Waals surface area (Å²) >= 11 is 0. The second kappa shape index (κ2) is 17.5. The van der Waals surface area contributed by atoms with Gasteiger partial charge in [0, 0.05) is 80.8 Å². The van der Waals surface area contributed by atoms with Crippen LogP contribution in [0.1, 0.15) is 84.7 Å². The van der Waals surface area contributed by atoms with Crippen LogP contribution in [0.2, 0.25) is 0 Å². The Hall–Kier alpha value is -4.83. The van der Waals surface area contributed by atoms with E-state index in [0.29, 0.717) is 18.9 Å². The number of hydrogen-bond acceptors (Lipinski definition) is 14. The number of anilines is 1. The molecule has 1 spiro atoms. The molecule has 2 aromatic rings. The zero-order valence-corrected chi connectivity index (χ0v) is 37.1. The van der Waals surface area contributed by atoms with Crippen molar-refractivity contribution >= 4 is 34.1 Å². The highest BCUT2D eigenvalue weighted by Gasteiger charge is 2.50. The van der Waals surface area contributed by atoms with Crippen molar-refractivity contribution in [1.82, 2.24) is 4.90 Å². The minimum absolute atomic E-state index is 0.0363. The summed E-state index contributed by atoms with van der Waals surface area (Å²) in [6, 6.07) is 0. The summed E-state index contributed by atoms with van der Waals surface area (Å²) in [5, 5.41) is 50.1. The van der Waals surface area contributed by atoms with Gasteiger partial charge in [0.2, 0.25) is 0 Å². The molecule has 0 radical (unpaired) electrons. The fraction of sp³-hybridized carbons (Fsp3) is 0.587. The van der Waals surface area contributed by atoms with Crippen LogP contribution in [0.25, 0.3) is 10.8 Å². The van der Waals surface area contributed by atoms with E-state index in [2.05, 4.69) is 24.1 Å². The number of aromatic hydroxyl groups is 2. The van der Waals surface area contributed by atoms with Gasteiger partial charge in [-0.15, -0.1) is 0 Å². The largest absolute Gasteiger partial charge is 0.507 e. The van der Waals surface area contributed by atoms with Gasteiger partial charge in [0.15, 0.2) is 5.75 Å². The number of fused-ring (bicyclic) bond motifs is 1. The number of carbonyl (C=O) groups excluding carboxylic acids is 3. The molecular formula is C46H62N4O11. The molecule has 61 heavy (non-hydrogen) atoms. The maximum atomic E-state index is 14.8. The van der Waals surface area contributed by atoms with Crippen molar-refractivity contribution in [3.8, 4) is 17.2 Å². The third kappa shape index (κ3) is 8.54. The Morgan fingerprint density at radius 3 is 2.38 bits per heavy atom. The summed E-state index contributed by atoms with van der Waals surface area (Å²) in [7, 11) is 1.47. The maximum Gasteiger partial charge on any atom is 0.312 e. The van der Waals surface area contributed by atoms with Crippen LogP contribution in [0.3, 0.4) is 0 Å². The van der Waals surface area contributed by atoms with E-state index in [1.54, 1.807) is 65.8 Å². The van der Waals surface area contributed by atoms with Crippen molar-refractivity contribution in [3.63, 3.8) is 0 Å². The molecule has 332 valence electrons. The van der Waals surface area contributed by atoms with Crippen molar-refractivity contribution in [2.45, 2.75) is 111 Å². The predicted octanol–water partition coefficient (Wildman–Crippen LogP) is 4.40. The van der Waals surface area contributed by atoms with Crippen LogP contribution in [-0.2, 0) is 23.8 Å². The van der Waals surface area contributed by atoms with Crippen LogP contribution in [0, 0.1) is 36.5 Å². The number of allylic oxidation sites excluding steroid dienone is 2. The molecule has 15 heteroatoms.